The number of ketones is 1. The third-order valence-corrected chi connectivity index (χ3v) is 6.87. The van der Waals surface area contributed by atoms with Gasteiger partial charge in [0.2, 0.25) is 0 Å². The summed E-state index contributed by atoms with van der Waals surface area (Å²) in [5.41, 5.74) is 1.33. The van der Waals surface area contributed by atoms with Gasteiger partial charge in [-0.1, -0.05) is 67.2 Å². The monoisotopic (exact) mass is 758 g/mol. The third kappa shape index (κ3) is 10.2. The van der Waals surface area contributed by atoms with Gasteiger partial charge in [0.1, 0.15) is 17.6 Å². The first-order valence-electron chi connectivity index (χ1n) is 11.4. The molecule has 1 atom stereocenters. The van der Waals surface area contributed by atoms with Crippen molar-refractivity contribution >= 4 is 60.8 Å². The van der Waals surface area contributed by atoms with Gasteiger partial charge in [-0.15, -0.1) is 26.3 Å². The highest BCUT2D eigenvalue weighted by molar-refractivity contribution is 9.10. The van der Waals surface area contributed by atoms with Crippen molar-refractivity contribution in [1.82, 2.24) is 0 Å². The first kappa shape index (κ1) is 33.7. The summed E-state index contributed by atoms with van der Waals surface area (Å²) >= 11 is 18.4. The molecule has 0 heterocycles. The minimum atomic E-state index is -4.76. The Morgan fingerprint density at radius 2 is 1.14 bits per heavy atom. The predicted molar refractivity (Wildman–Crippen MR) is 152 cm³/mol. The number of aliphatic hydroxyl groups is 1. The fraction of sp³-hybridized carbons (Fsp3) is 0.107. The minimum absolute atomic E-state index is 0.213. The van der Waals surface area contributed by atoms with Gasteiger partial charge in [-0.25, -0.2) is 0 Å². The number of carbonyl (C=O) groups is 1. The van der Waals surface area contributed by atoms with E-state index in [2.05, 4.69) is 41.3 Å². The molecular weight excluding hydrogens is 745 g/mol. The van der Waals surface area contributed by atoms with E-state index in [-0.39, 0.29) is 33.4 Å². The van der Waals surface area contributed by atoms with Crippen molar-refractivity contribution in [3.05, 3.63) is 126 Å². The maximum absolute atomic E-state index is 12.2. The van der Waals surface area contributed by atoms with Crippen LogP contribution in [0.15, 0.2) is 93.9 Å². The van der Waals surface area contributed by atoms with Crippen molar-refractivity contribution in [2.75, 3.05) is 0 Å². The molecule has 0 spiro atoms. The molecule has 0 saturated carbocycles. The van der Waals surface area contributed by atoms with Crippen LogP contribution in [-0.4, -0.2) is 23.6 Å². The molecule has 4 aromatic rings. The number of hydrogen-bond acceptors (Lipinski definition) is 4. The summed E-state index contributed by atoms with van der Waals surface area (Å²) in [6.07, 6.45) is -10.6. The largest absolute Gasteiger partial charge is 0.573 e. The molecule has 0 saturated heterocycles. The number of ether oxygens (including phenoxy) is 2. The van der Waals surface area contributed by atoms with Crippen LogP contribution in [0.5, 0.6) is 11.5 Å². The molecule has 1 unspecified atom stereocenters. The second kappa shape index (κ2) is 14.1. The molecule has 0 aliphatic heterocycles. The Balaban J connectivity index is 0.000000230. The zero-order valence-electron chi connectivity index (χ0n) is 20.6. The summed E-state index contributed by atoms with van der Waals surface area (Å²) in [7, 11) is 0. The van der Waals surface area contributed by atoms with Crippen molar-refractivity contribution in [3.63, 3.8) is 0 Å². The van der Waals surface area contributed by atoms with E-state index in [9.17, 15) is 36.2 Å². The van der Waals surface area contributed by atoms with Crippen molar-refractivity contribution < 1.29 is 45.7 Å². The van der Waals surface area contributed by atoms with Gasteiger partial charge in [-0.05, 0) is 78.4 Å². The van der Waals surface area contributed by atoms with Crippen LogP contribution in [0.25, 0.3) is 0 Å². The lowest BCUT2D eigenvalue weighted by Gasteiger charge is -2.15. The van der Waals surface area contributed by atoms with E-state index in [1.54, 1.807) is 36.4 Å². The molecule has 4 aromatic carbocycles. The van der Waals surface area contributed by atoms with Gasteiger partial charge in [0.05, 0.1) is 5.02 Å². The number of halogens is 10. The summed E-state index contributed by atoms with van der Waals surface area (Å²) in [5, 5.41) is 10.9. The number of benzene rings is 4. The Morgan fingerprint density at radius 1 is 0.690 bits per heavy atom. The van der Waals surface area contributed by atoms with E-state index in [0.29, 0.717) is 20.6 Å². The van der Waals surface area contributed by atoms with Gasteiger partial charge >= 0.3 is 12.7 Å². The van der Waals surface area contributed by atoms with Crippen LogP contribution in [0.3, 0.4) is 0 Å². The molecule has 14 heteroatoms. The lowest BCUT2D eigenvalue weighted by molar-refractivity contribution is -0.275. The molecule has 0 aliphatic carbocycles. The lowest BCUT2D eigenvalue weighted by Crippen LogP contribution is -2.17. The van der Waals surface area contributed by atoms with Crippen LogP contribution in [0.4, 0.5) is 26.3 Å². The van der Waals surface area contributed by atoms with Crippen LogP contribution < -0.4 is 9.47 Å². The van der Waals surface area contributed by atoms with Gasteiger partial charge in [-0.3, -0.25) is 4.79 Å². The Kier molecular flexibility index (Phi) is 11.4. The van der Waals surface area contributed by atoms with Crippen LogP contribution in [0, 0.1) is 0 Å². The quantitative estimate of drug-likeness (QED) is 0.157. The van der Waals surface area contributed by atoms with Crippen molar-refractivity contribution in [2.24, 2.45) is 0 Å². The van der Waals surface area contributed by atoms with E-state index in [1.165, 1.54) is 24.3 Å². The first-order valence-corrected chi connectivity index (χ1v) is 13.7. The van der Waals surface area contributed by atoms with E-state index in [4.69, 9.17) is 23.2 Å². The fourth-order valence-corrected chi connectivity index (χ4v) is 4.55. The molecule has 0 amide bonds. The number of alkyl halides is 6. The second-order valence-electron chi connectivity index (χ2n) is 8.21. The molecule has 4 rings (SSSR count). The van der Waals surface area contributed by atoms with Gasteiger partial charge in [0.15, 0.2) is 5.78 Å². The normalized spacial score (nSPS) is 12.2. The summed E-state index contributed by atoms with van der Waals surface area (Å²) in [5.74, 6) is -1.13. The van der Waals surface area contributed by atoms with E-state index in [1.807, 2.05) is 0 Å². The number of aliphatic hydroxyl groups excluding tert-OH is 1. The topological polar surface area (TPSA) is 55.8 Å². The highest BCUT2D eigenvalue weighted by Gasteiger charge is 2.32. The van der Waals surface area contributed by atoms with Crippen LogP contribution >= 0.6 is 55.1 Å². The second-order valence-corrected chi connectivity index (χ2v) is 10.9. The van der Waals surface area contributed by atoms with Crippen molar-refractivity contribution in [3.8, 4) is 11.5 Å². The van der Waals surface area contributed by atoms with Gasteiger partial charge in [0.25, 0.3) is 0 Å². The van der Waals surface area contributed by atoms with Crippen LogP contribution in [0.2, 0.25) is 10.0 Å². The molecule has 0 bridgehead atoms. The van der Waals surface area contributed by atoms with Crippen molar-refractivity contribution in [2.45, 2.75) is 18.8 Å². The molecule has 42 heavy (non-hydrogen) atoms. The Bertz CT molecular complexity index is 1530. The van der Waals surface area contributed by atoms with Gasteiger partial charge in [-0.2, -0.15) is 0 Å². The average molecular weight is 761 g/mol. The van der Waals surface area contributed by atoms with E-state index < -0.39 is 18.8 Å². The summed E-state index contributed by atoms with van der Waals surface area (Å²) in [6, 6.07) is 19.4. The predicted octanol–water partition coefficient (Wildman–Crippen LogP) is 10.3. The average Bonchev–Trinajstić information content (AvgIpc) is 2.90. The highest BCUT2D eigenvalue weighted by Crippen LogP contribution is 2.32. The molecule has 0 fully saturated rings. The van der Waals surface area contributed by atoms with Gasteiger partial charge < -0.3 is 14.6 Å². The maximum Gasteiger partial charge on any atom is 0.573 e. The minimum Gasteiger partial charge on any atom is -0.406 e. The molecule has 1 N–H and O–H groups in total. The number of rotatable bonds is 6. The standard InChI is InChI=1S/C14H9BrClF3O2.C14H7BrClF3O2/c2*15-9-3-6-12(16)11(7-9)13(20)8-1-4-10(5-2-8)21-14(17,18)19/h1-7,13,20H;1-7H. The third-order valence-electron chi connectivity index (χ3n) is 5.21. The summed E-state index contributed by atoms with van der Waals surface area (Å²) in [4.78, 5) is 12.2. The summed E-state index contributed by atoms with van der Waals surface area (Å²) in [6.45, 7) is 0. The van der Waals surface area contributed by atoms with E-state index >= 15 is 0 Å². The van der Waals surface area contributed by atoms with Crippen LogP contribution in [-0.2, 0) is 0 Å². The van der Waals surface area contributed by atoms with E-state index in [0.717, 1.165) is 28.7 Å². The Morgan fingerprint density at radius 3 is 1.64 bits per heavy atom. The van der Waals surface area contributed by atoms with Crippen LogP contribution in [0.1, 0.15) is 33.2 Å². The zero-order valence-corrected chi connectivity index (χ0v) is 25.3. The fourth-order valence-electron chi connectivity index (χ4n) is 3.39. The number of carbonyl (C=O) groups excluding carboxylic acids is 1. The Hall–Kier alpha value is -2.77. The molecular formula is C28H16Br2Cl2F6O4. The molecule has 222 valence electrons. The SMILES string of the molecule is O=C(c1ccc(OC(F)(F)F)cc1)c1cc(Br)ccc1Cl.OC(c1ccc(OC(F)(F)F)cc1)c1cc(Br)ccc1Cl. The molecule has 0 aromatic heterocycles. The summed E-state index contributed by atoms with van der Waals surface area (Å²) < 4.78 is 81.3. The molecule has 0 radical (unpaired) electrons. The number of hydrogen-bond donors (Lipinski definition) is 1. The lowest BCUT2D eigenvalue weighted by atomic mass is 10.0. The maximum atomic E-state index is 12.2. The van der Waals surface area contributed by atoms with Crippen molar-refractivity contribution in [1.29, 1.82) is 0 Å². The highest BCUT2D eigenvalue weighted by atomic mass is 79.9. The zero-order chi connectivity index (χ0) is 31.2. The molecule has 0 aliphatic rings. The van der Waals surface area contributed by atoms with Gasteiger partial charge in [0, 0.05) is 30.7 Å². The smallest absolute Gasteiger partial charge is 0.406 e. The first-order chi connectivity index (χ1) is 19.5. The Labute approximate surface area is 262 Å². The molecule has 4 nitrogen and oxygen atoms in total.